The molecule has 2 aromatic carbocycles. The van der Waals surface area contributed by atoms with Gasteiger partial charge in [0.05, 0.1) is 43.4 Å². The van der Waals surface area contributed by atoms with Crippen molar-refractivity contribution in [3.8, 4) is 0 Å². The summed E-state index contributed by atoms with van der Waals surface area (Å²) in [7, 11) is 0. The Morgan fingerprint density at radius 1 is 1.05 bits per heavy atom. The molecule has 0 saturated carbocycles. The number of hydrogen-bond acceptors (Lipinski definition) is 9. The van der Waals surface area contributed by atoms with Crippen LogP contribution < -0.4 is 16.0 Å². The Kier molecular flexibility index (Phi) is 9.07. The average Bonchev–Trinajstić information content (AvgIpc) is 3.60. The number of carbonyl (C=O) groups excluding carboxylic acids is 1. The third-order valence-corrected chi connectivity index (χ3v) is 7.57. The van der Waals surface area contributed by atoms with Crippen LogP contribution in [-0.4, -0.2) is 87.9 Å². The predicted octanol–water partition coefficient (Wildman–Crippen LogP) is 3.90. The molecule has 6 rings (SSSR count). The topological polar surface area (TPSA) is 123 Å². The second-order valence-electron chi connectivity index (χ2n) is 10.4. The molecule has 224 valence electrons. The minimum atomic E-state index is -0.531. The molecule has 1 saturated heterocycles. The molecule has 0 radical (unpaired) electrons. The summed E-state index contributed by atoms with van der Waals surface area (Å²) >= 11 is 0. The van der Waals surface area contributed by atoms with Crippen LogP contribution in [0.4, 0.5) is 22.0 Å². The lowest BCUT2D eigenvalue weighted by molar-refractivity contribution is 0.0624. The molecule has 12 heteroatoms. The number of carbonyl (C=O) groups is 1. The molecule has 3 N–H and O–H groups in total. The number of ether oxygens (including phenoxy) is 2. The Morgan fingerprint density at radius 2 is 1.91 bits per heavy atom. The Bertz CT molecular complexity index is 1660. The summed E-state index contributed by atoms with van der Waals surface area (Å²) in [6.07, 6.45) is 5.28. The first-order valence-corrected chi connectivity index (χ1v) is 14.7. The lowest BCUT2D eigenvalue weighted by Gasteiger charge is -2.26. The molecule has 12 nitrogen and oxygen atoms in total. The van der Waals surface area contributed by atoms with Crippen LogP contribution in [0.25, 0.3) is 16.4 Å². The molecule has 1 aliphatic rings. The fourth-order valence-electron chi connectivity index (χ4n) is 5.38. The second kappa shape index (κ2) is 13.6. The number of aromatic nitrogens is 5. The Hall–Kier alpha value is -4.52. The van der Waals surface area contributed by atoms with Gasteiger partial charge < -0.3 is 20.1 Å². The highest BCUT2D eigenvalue weighted by atomic mass is 16.6. The van der Waals surface area contributed by atoms with Crippen molar-refractivity contribution in [3.05, 3.63) is 78.4 Å². The zero-order valence-electron chi connectivity index (χ0n) is 24.3. The molecule has 3 aromatic heterocycles. The number of benzene rings is 2. The van der Waals surface area contributed by atoms with Crippen molar-refractivity contribution in [2.45, 2.75) is 19.9 Å². The quantitative estimate of drug-likeness (QED) is 0.188. The van der Waals surface area contributed by atoms with Gasteiger partial charge in [-0.1, -0.05) is 37.3 Å². The maximum Gasteiger partial charge on any atom is 0.411 e. The van der Waals surface area contributed by atoms with Crippen LogP contribution in [-0.2, 0) is 22.4 Å². The lowest BCUT2D eigenvalue weighted by atomic mass is 10.2. The van der Waals surface area contributed by atoms with Crippen LogP contribution in [0.15, 0.2) is 67.3 Å². The van der Waals surface area contributed by atoms with Crippen molar-refractivity contribution in [1.29, 1.82) is 0 Å². The molecule has 4 heterocycles. The van der Waals surface area contributed by atoms with Gasteiger partial charge in [0.1, 0.15) is 18.5 Å². The molecule has 1 amide bonds. The van der Waals surface area contributed by atoms with Gasteiger partial charge in [-0.25, -0.2) is 14.3 Å². The van der Waals surface area contributed by atoms with Crippen LogP contribution in [0.3, 0.4) is 0 Å². The number of aryl methyl sites for hydroxylation is 1. The normalized spacial score (nSPS) is 13.9. The van der Waals surface area contributed by atoms with Gasteiger partial charge in [0.15, 0.2) is 5.82 Å². The SMILES string of the molecule is CCc1c(NC(=O)OCCOCCN2CCNCC2)cn2ncnc(Nc3ccc4c(cnn4Cc4ccccc4)c3)c12. The van der Waals surface area contributed by atoms with Gasteiger partial charge in [-0.15, -0.1) is 0 Å². The van der Waals surface area contributed by atoms with Crippen molar-refractivity contribution in [2.24, 2.45) is 0 Å². The molecule has 5 aromatic rings. The van der Waals surface area contributed by atoms with E-state index in [1.165, 1.54) is 11.9 Å². The van der Waals surface area contributed by atoms with E-state index in [-0.39, 0.29) is 6.61 Å². The van der Waals surface area contributed by atoms with Crippen LogP contribution >= 0.6 is 0 Å². The van der Waals surface area contributed by atoms with Crippen LogP contribution in [0, 0.1) is 0 Å². The van der Waals surface area contributed by atoms with Gasteiger partial charge >= 0.3 is 6.09 Å². The summed E-state index contributed by atoms with van der Waals surface area (Å²) in [5, 5.41) is 19.7. The molecule has 0 atom stereocenters. The highest BCUT2D eigenvalue weighted by Crippen LogP contribution is 2.30. The van der Waals surface area contributed by atoms with Crippen molar-refractivity contribution >= 4 is 39.7 Å². The van der Waals surface area contributed by atoms with Gasteiger partial charge in [-0.2, -0.15) is 10.2 Å². The summed E-state index contributed by atoms with van der Waals surface area (Å²) in [5.41, 5.74) is 5.45. The third-order valence-electron chi connectivity index (χ3n) is 7.57. The largest absolute Gasteiger partial charge is 0.447 e. The smallest absolute Gasteiger partial charge is 0.411 e. The van der Waals surface area contributed by atoms with E-state index in [0.717, 1.165) is 60.4 Å². The van der Waals surface area contributed by atoms with E-state index in [2.05, 4.69) is 60.3 Å². The number of hydrogen-bond donors (Lipinski definition) is 3. The summed E-state index contributed by atoms with van der Waals surface area (Å²) in [4.78, 5) is 19.5. The molecule has 0 bridgehead atoms. The molecule has 43 heavy (non-hydrogen) atoms. The summed E-state index contributed by atoms with van der Waals surface area (Å²) in [5.74, 6) is 0.641. The number of nitrogens with zero attached hydrogens (tertiary/aromatic N) is 6. The molecular formula is C31H37N9O3. The Labute approximate surface area is 250 Å². The van der Waals surface area contributed by atoms with Gasteiger partial charge in [-0.05, 0) is 30.2 Å². The van der Waals surface area contributed by atoms with Crippen molar-refractivity contribution < 1.29 is 14.3 Å². The predicted molar refractivity (Wildman–Crippen MR) is 166 cm³/mol. The van der Waals surface area contributed by atoms with E-state index in [0.29, 0.717) is 37.7 Å². The zero-order chi connectivity index (χ0) is 29.4. The van der Waals surface area contributed by atoms with Gasteiger partial charge in [0.25, 0.3) is 0 Å². The highest BCUT2D eigenvalue weighted by molar-refractivity contribution is 5.91. The van der Waals surface area contributed by atoms with Crippen molar-refractivity contribution in [1.82, 2.24) is 34.6 Å². The average molecular weight is 584 g/mol. The minimum Gasteiger partial charge on any atom is -0.447 e. The second-order valence-corrected chi connectivity index (χ2v) is 10.4. The summed E-state index contributed by atoms with van der Waals surface area (Å²) < 4.78 is 14.7. The molecule has 0 aliphatic carbocycles. The van der Waals surface area contributed by atoms with E-state index in [1.54, 1.807) is 10.7 Å². The Morgan fingerprint density at radius 3 is 2.74 bits per heavy atom. The first kappa shape index (κ1) is 28.6. The van der Waals surface area contributed by atoms with Crippen LogP contribution in [0.1, 0.15) is 18.1 Å². The van der Waals surface area contributed by atoms with Crippen LogP contribution in [0.5, 0.6) is 0 Å². The van der Waals surface area contributed by atoms with Crippen molar-refractivity contribution in [3.63, 3.8) is 0 Å². The number of amides is 1. The van der Waals surface area contributed by atoms with E-state index in [1.807, 2.05) is 42.1 Å². The van der Waals surface area contributed by atoms with Gasteiger partial charge in [0, 0.05) is 49.4 Å². The first-order valence-electron chi connectivity index (χ1n) is 14.7. The fourth-order valence-corrected chi connectivity index (χ4v) is 5.38. The maximum atomic E-state index is 12.6. The molecule has 1 aliphatic heterocycles. The number of fused-ring (bicyclic) bond motifs is 2. The summed E-state index contributed by atoms with van der Waals surface area (Å²) in [6.45, 7) is 8.86. The highest BCUT2D eigenvalue weighted by Gasteiger charge is 2.18. The van der Waals surface area contributed by atoms with Crippen molar-refractivity contribution in [2.75, 3.05) is 63.2 Å². The monoisotopic (exact) mass is 583 g/mol. The molecule has 1 fully saturated rings. The first-order chi connectivity index (χ1) is 21.2. The van der Waals surface area contributed by atoms with E-state index < -0.39 is 6.09 Å². The summed E-state index contributed by atoms with van der Waals surface area (Å²) in [6, 6.07) is 16.4. The standard InChI is InChI=1S/C31H37N9O3/c1-2-26-27(37-31(41)43-17-16-42-15-14-38-12-10-32-11-13-38)21-40-29(26)30(33-22-35-40)36-25-8-9-28-24(18-25)19-34-39(28)20-23-6-4-3-5-7-23/h3-9,18-19,21-22,32H,2,10-17,20H2,1H3,(H,37,41)(H,33,35,36). The lowest BCUT2D eigenvalue weighted by Crippen LogP contribution is -2.44. The number of piperazine rings is 1. The van der Waals surface area contributed by atoms with Gasteiger partial charge in [0.2, 0.25) is 0 Å². The van der Waals surface area contributed by atoms with E-state index in [9.17, 15) is 4.79 Å². The van der Waals surface area contributed by atoms with E-state index >= 15 is 0 Å². The van der Waals surface area contributed by atoms with Gasteiger partial charge in [-0.3, -0.25) is 14.9 Å². The fraction of sp³-hybridized carbons (Fsp3) is 0.355. The van der Waals surface area contributed by atoms with Crippen LogP contribution in [0.2, 0.25) is 0 Å². The third kappa shape index (κ3) is 6.94. The minimum absolute atomic E-state index is 0.180. The Balaban J connectivity index is 1.08. The molecular weight excluding hydrogens is 546 g/mol. The molecule has 0 spiro atoms. The zero-order valence-corrected chi connectivity index (χ0v) is 24.3. The van der Waals surface area contributed by atoms with E-state index in [4.69, 9.17) is 9.47 Å². The number of nitrogens with one attached hydrogen (secondary N) is 3. The number of rotatable bonds is 12. The number of anilines is 3. The maximum absolute atomic E-state index is 12.6. The molecule has 0 unspecified atom stereocenters.